The van der Waals surface area contributed by atoms with Crippen LogP contribution in [-0.2, 0) is 9.53 Å². The maximum absolute atomic E-state index is 11.3. The van der Waals surface area contributed by atoms with E-state index < -0.39 is 0 Å². The molecule has 0 saturated carbocycles. The Morgan fingerprint density at radius 3 is 2.92 bits per heavy atom. The largest absolute Gasteiger partial charge is 0.376 e. The highest BCUT2D eigenvalue weighted by Gasteiger charge is 2.25. The van der Waals surface area contributed by atoms with Crippen LogP contribution < -0.4 is 10.6 Å². The Morgan fingerprint density at radius 1 is 1.62 bits per heavy atom. The lowest BCUT2D eigenvalue weighted by Crippen LogP contribution is -2.43. The van der Waals surface area contributed by atoms with Gasteiger partial charge in [-0.05, 0) is 19.9 Å². The van der Waals surface area contributed by atoms with Crippen molar-refractivity contribution in [3.8, 4) is 0 Å². The number of hydrogen-bond donors (Lipinski definition) is 2. The summed E-state index contributed by atoms with van der Waals surface area (Å²) in [5.74, 6) is 0.0594. The molecule has 0 aliphatic carbocycles. The standard InChI is InChI=1S/C9H18N2O2/c1-3-10-6-9(12)11-8-4-5-13-7(8)2/h7-8,10H,3-6H2,1-2H3,(H,11,12). The smallest absolute Gasteiger partial charge is 0.234 e. The van der Waals surface area contributed by atoms with Gasteiger partial charge in [0.2, 0.25) is 5.91 Å². The summed E-state index contributed by atoms with van der Waals surface area (Å²) in [5, 5.41) is 5.92. The number of ether oxygens (including phenoxy) is 1. The monoisotopic (exact) mass is 186 g/mol. The molecule has 1 saturated heterocycles. The Hall–Kier alpha value is -0.610. The fourth-order valence-corrected chi connectivity index (χ4v) is 1.42. The van der Waals surface area contributed by atoms with Gasteiger partial charge in [0.1, 0.15) is 0 Å². The van der Waals surface area contributed by atoms with Crippen molar-refractivity contribution in [2.24, 2.45) is 0 Å². The number of likely N-dealkylation sites (N-methyl/N-ethyl adjacent to an activating group) is 1. The van der Waals surface area contributed by atoms with Crippen molar-refractivity contribution < 1.29 is 9.53 Å². The van der Waals surface area contributed by atoms with Gasteiger partial charge < -0.3 is 15.4 Å². The van der Waals surface area contributed by atoms with Crippen molar-refractivity contribution in [2.75, 3.05) is 19.7 Å². The maximum Gasteiger partial charge on any atom is 0.234 e. The van der Waals surface area contributed by atoms with Crippen molar-refractivity contribution in [2.45, 2.75) is 32.4 Å². The first-order valence-corrected chi connectivity index (χ1v) is 4.85. The van der Waals surface area contributed by atoms with Gasteiger partial charge in [0.25, 0.3) is 0 Å². The Morgan fingerprint density at radius 2 is 2.38 bits per heavy atom. The van der Waals surface area contributed by atoms with Crippen LogP contribution in [0.1, 0.15) is 20.3 Å². The van der Waals surface area contributed by atoms with Gasteiger partial charge in [-0.25, -0.2) is 0 Å². The first-order valence-electron chi connectivity index (χ1n) is 4.85. The van der Waals surface area contributed by atoms with E-state index in [-0.39, 0.29) is 18.1 Å². The molecule has 1 aliphatic rings. The highest BCUT2D eigenvalue weighted by Crippen LogP contribution is 2.11. The van der Waals surface area contributed by atoms with Crippen LogP contribution in [0.3, 0.4) is 0 Å². The number of carbonyl (C=O) groups is 1. The Bertz CT molecular complexity index is 173. The van der Waals surface area contributed by atoms with Gasteiger partial charge in [0.15, 0.2) is 0 Å². The third-order valence-electron chi connectivity index (χ3n) is 2.26. The van der Waals surface area contributed by atoms with Crippen molar-refractivity contribution >= 4 is 5.91 Å². The third-order valence-corrected chi connectivity index (χ3v) is 2.26. The third kappa shape index (κ3) is 3.32. The number of nitrogens with one attached hydrogen (secondary N) is 2. The number of hydrogen-bond acceptors (Lipinski definition) is 3. The van der Waals surface area contributed by atoms with Crippen LogP contribution in [0, 0.1) is 0 Å². The molecule has 1 fully saturated rings. The SMILES string of the molecule is CCNCC(=O)NC1CCOC1C. The molecule has 1 heterocycles. The lowest BCUT2D eigenvalue weighted by atomic mass is 10.1. The second-order valence-corrected chi connectivity index (χ2v) is 3.32. The minimum atomic E-state index is 0.0594. The Labute approximate surface area is 79.0 Å². The molecule has 0 aromatic heterocycles. The van der Waals surface area contributed by atoms with Gasteiger partial charge >= 0.3 is 0 Å². The molecule has 2 atom stereocenters. The number of carbonyl (C=O) groups excluding carboxylic acids is 1. The lowest BCUT2D eigenvalue weighted by molar-refractivity contribution is -0.121. The van der Waals surface area contributed by atoms with Crippen LogP contribution in [0.25, 0.3) is 0 Å². The zero-order valence-electron chi connectivity index (χ0n) is 8.30. The molecule has 0 spiro atoms. The zero-order valence-corrected chi connectivity index (χ0v) is 8.30. The Kier molecular flexibility index (Phi) is 4.18. The number of rotatable bonds is 4. The van der Waals surface area contributed by atoms with E-state index in [9.17, 15) is 4.79 Å². The summed E-state index contributed by atoms with van der Waals surface area (Å²) in [4.78, 5) is 11.3. The topological polar surface area (TPSA) is 50.4 Å². The fraction of sp³-hybridized carbons (Fsp3) is 0.889. The minimum Gasteiger partial charge on any atom is -0.376 e. The summed E-state index contributed by atoms with van der Waals surface area (Å²) >= 11 is 0. The molecular weight excluding hydrogens is 168 g/mol. The van der Waals surface area contributed by atoms with Crippen LogP contribution in [-0.4, -0.2) is 37.7 Å². The summed E-state index contributed by atoms with van der Waals surface area (Å²) in [7, 11) is 0. The molecule has 0 aromatic rings. The van der Waals surface area contributed by atoms with Gasteiger partial charge in [0.05, 0.1) is 18.7 Å². The molecule has 2 unspecified atom stereocenters. The molecule has 76 valence electrons. The molecule has 1 rings (SSSR count). The van der Waals surface area contributed by atoms with Gasteiger partial charge in [0, 0.05) is 6.61 Å². The summed E-state index contributed by atoms with van der Waals surface area (Å²) in [6, 6.07) is 0.200. The molecule has 4 heteroatoms. The summed E-state index contributed by atoms with van der Waals surface area (Å²) in [5.41, 5.74) is 0. The lowest BCUT2D eigenvalue weighted by Gasteiger charge is -2.15. The summed E-state index contributed by atoms with van der Waals surface area (Å²) in [6.07, 6.45) is 1.09. The fourth-order valence-electron chi connectivity index (χ4n) is 1.42. The van der Waals surface area contributed by atoms with E-state index in [1.807, 2.05) is 13.8 Å². The predicted octanol–water partition coefficient (Wildman–Crippen LogP) is -0.110. The van der Waals surface area contributed by atoms with Gasteiger partial charge in [-0.15, -0.1) is 0 Å². The van der Waals surface area contributed by atoms with E-state index in [4.69, 9.17) is 4.74 Å². The maximum atomic E-state index is 11.3. The molecule has 0 bridgehead atoms. The number of amides is 1. The molecule has 0 aromatic carbocycles. The van der Waals surface area contributed by atoms with E-state index in [0.717, 1.165) is 19.6 Å². The molecule has 13 heavy (non-hydrogen) atoms. The van der Waals surface area contributed by atoms with Gasteiger partial charge in [-0.1, -0.05) is 6.92 Å². The predicted molar refractivity (Wildman–Crippen MR) is 50.5 cm³/mol. The van der Waals surface area contributed by atoms with Crippen LogP contribution in [0.4, 0.5) is 0 Å². The van der Waals surface area contributed by atoms with E-state index >= 15 is 0 Å². The normalized spacial score (nSPS) is 27.5. The highest BCUT2D eigenvalue weighted by atomic mass is 16.5. The molecule has 4 nitrogen and oxygen atoms in total. The molecule has 2 N–H and O–H groups in total. The quantitative estimate of drug-likeness (QED) is 0.644. The van der Waals surface area contributed by atoms with Crippen molar-refractivity contribution in [1.29, 1.82) is 0 Å². The summed E-state index contributed by atoms with van der Waals surface area (Å²) < 4.78 is 5.34. The average Bonchev–Trinajstić information content (AvgIpc) is 2.48. The second-order valence-electron chi connectivity index (χ2n) is 3.32. The van der Waals surface area contributed by atoms with Crippen LogP contribution >= 0.6 is 0 Å². The minimum absolute atomic E-state index is 0.0594. The van der Waals surface area contributed by atoms with Gasteiger partial charge in [-0.2, -0.15) is 0 Å². The van der Waals surface area contributed by atoms with Crippen LogP contribution in [0.5, 0.6) is 0 Å². The van der Waals surface area contributed by atoms with E-state index in [0.29, 0.717) is 6.54 Å². The van der Waals surface area contributed by atoms with E-state index in [1.165, 1.54) is 0 Å². The molecule has 0 radical (unpaired) electrons. The van der Waals surface area contributed by atoms with Crippen LogP contribution in [0.2, 0.25) is 0 Å². The molecule has 1 amide bonds. The highest BCUT2D eigenvalue weighted by molar-refractivity contribution is 5.78. The van der Waals surface area contributed by atoms with Crippen molar-refractivity contribution in [1.82, 2.24) is 10.6 Å². The van der Waals surface area contributed by atoms with Crippen LogP contribution in [0.15, 0.2) is 0 Å². The van der Waals surface area contributed by atoms with Gasteiger partial charge in [-0.3, -0.25) is 4.79 Å². The second kappa shape index (κ2) is 5.19. The van der Waals surface area contributed by atoms with E-state index in [1.54, 1.807) is 0 Å². The first-order chi connectivity index (χ1) is 6.24. The molecule has 1 aliphatic heterocycles. The Balaban J connectivity index is 2.19. The molecular formula is C9H18N2O2. The zero-order chi connectivity index (χ0) is 9.68. The van der Waals surface area contributed by atoms with E-state index in [2.05, 4.69) is 10.6 Å². The average molecular weight is 186 g/mol. The van der Waals surface area contributed by atoms with Crippen molar-refractivity contribution in [3.05, 3.63) is 0 Å². The first kappa shape index (κ1) is 10.5. The summed E-state index contributed by atoms with van der Waals surface area (Å²) in [6.45, 7) is 5.96. The van der Waals surface area contributed by atoms with Crippen molar-refractivity contribution in [3.63, 3.8) is 0 Å².